The first kappa shape index (κ1) is 12.6. The van der Waals surface area contributed by atoms with Crippen LogP contribution in [-0.4, -0.2) is 6.54 Å². The van der Waals surface area contributed by atoms with Gasteiger partial charge in [-0.15, -0.1) is 0 Å². The van der Waals surface area contributed by atoms with Crippen LogP contribution in [0, 0.1) is 19.7 Å². The van der Waals surface area contributed by atoms with E-state index in [9.17, 15) is 4.39 Å². The van der Waals surface area contributed by atoms with Crippen molar-refractivity contribution in [3.8, 4) is 0 Å². The third-order valence-electron chi connectivity index (χ3n) is 4.28. The molecule has 0 heterocycles. The third-order valence-corrected chi connectivity index (χ3v) is 4.28. The molecule has 1 aliphatic rings. The Morgan fingerprint density at radius 2 is 1.71 bits per heavy atom. The van der Waals surface area contributed by atoms with Gasteiger partial charge >= 0.3 is 0 Å². The lowest BCUT2D eigenvalue weighted by Crippen LogP contribution is -2.38. The summed E-state index contributed by atoms with van der Waals surface area (Å²) in [5.41, 5.74) is 8.56. The van der Waals surface area contributed by atoms with Gasteiger partial charge in [0, 0.05) is 12.0 Å². The molecular weight excluding hydrogens is 213 g/mol. The van der Waals surface area contributed by atoms with Gasteiger partial charge in [0.1, 0.15) is 5.82 Å². The van der Waals surface area contributed by atoms with Crippen LogP contribution in [0.1, 0.15) is 48.8 Å². The summed E-state index contributed by atoms with van der Waals surface area (Å²) >= 11 is 0. The third kappa shape index (κ3) is 2.11. The Balaban J connectivity index is 2.53. The average Bonchev–Trinajstić information content (AvgIpc) is 2.35. The van der Waals surface area contributed by atoms with Gasteiger partial charge in [-0.1, -0.05) is 31.4 Å². The van der Waals surface area contributed by atoms with Crippen molar-refractivity contribution in [2.45, 2.75) is 51.4 Å². The molecular formula is C15H22FN. The molecule has 2 heteroatoms. The molecule has 1 aliphatic carbocycles. The van der Waals surface area contributed by atoms with Gasteiger partial charge in [0.2, 0.25) is 0 Å². The van der Waals surface area contributed by atoms with E-state index in [0.29, 0.717) is 6.54 Å². The van der Waals surface area contributed by atoms with E-state index < -0.39 is 0 Å². The summed E-state index contributed by atoms with van der Waals surface area (Å²) in [5.74, 6) is -0.0302. The van der Waals surface area contributed by atoms with Crippen molar-refractivity contribution in [1.29, 1.82) is 0 Å². The van der Waals surface area contributed by atoms with Crippen LogP contribution in [0.4, 0.5) is 4.39 Å². The molecule has 1 fully saturated rings. The second kappa shape index (κ2) is 4.77. The number of nitrogens with two attached hydrogens (primary N) is 1. The summed E-state index contributed by atoms with van der Waals surface area (Å²) in [5, 5.41) is 0. The highest BCUT2D eigenvalue weighted by atomic mass is 19.1. The topological polar surface area (TPSA) is 26.0 Å². The van der Waals surface area contributed by atoms with Crippen molar-refractivity contribution in [2.24, 2.45) is 5.73 Å². The fourth-order valence-corrected chi connectivity index (χ4v) is 3.21. The van der Waals surface area contributed by atoms with E-state index in [1.54, 1.807) is 0 Å². The largest absolute Gasteiger partial charge is 0.330 e. The summed E-state index contributed by atoms with van der Waals surface area (Å²) in [4.78, 5) is 0. The molecule has 0 bridgehead atoms. The second-order valence-corrected chi connectivity index (χ2v) is 5.43. The number of rotatable bonds is 2. The maximum atomic E-state index is 14.4. The molecule has 1 nitrogen and oxygen atoms in total. The molecule has 0 atom stereocenters. The molecule has 0 spiro atoms. The van der Waals surface area contributed by atoms with E-state index in [1.807, 2.05) is 26.0 Å². The van der Waals surface area contributed by atoms with Gasteiger partial charge in [0.25, 0.3) is 0 Å². The molecule has 1 aromatic rings. The highest BCUT2D eigenvalue weighted by molar-refractivity contribution is 5.39. The molecule has 0 aliphatic heterocycles. The van der Waals surface area contributed by atoms with Crippen LogP contribution in [0.2, 0.25) is 0 Å². The van der Waals surface area contributed by atoms with Crippen molar-refractivity contribution >= 4 is 0 Å². The summed E-state index contributed by atoms with van der Waals surface area (Å²) in [6.45, 7) is 4.41. The molecule has 0 aromatic heterocycles. The van der Waals surface area contributed by atoms with E-state index in [-0.39, 0.29) is 11.2 Å². The van der Waals surface area contributed by atoms with E-state index in [2.05, 4.69) is 0 Å². The maximum Gasteiger partial charge on any atom is 0.130 e. The Morgan fingerprint density at radius 3 is 2.29 bits per heavy atom. The number of hydrogen-bond donors (Lipinski definition) is 1. The molecule has 0 saturated heterocycles. The Kier molecular flexibility index (Phi) is 3.53. The molecule has 2 N–H and O–H groups in total. The average molecular weight is 235 g/mol. The lowest BCUT2D eigenvalue weighted by molar-refractivity contribution is 0.290. The first-order valence-electron chi connectivity index (χ1n) is 6.57. The minimum atomic E-state index is -0.113. The van der Waals surface area contributed by atoms with Crippen LogP contribution in [0.3, 0.4) is 0 Å². The van der Waals surface area contributed by atoms with Gasteiger partial charge < -0.3 is 5.73 Å². The fraction of sp³-hybridized carbons (Fsp3) is 0.600. The Bertz CT molecular complexity index is 406. The number of benzene rings is 1. The zero-order valence-electron chi connectivity index (χ0n) is 10.9. The lowest BCUT2D eigenvalue weighted by atomic mass is 9.68. The number of aryl methyl sites for hydroxylation is 2. The van der Waals surface area contributed by atoms with Crippen molar-refractivity contribution < 1.29 is 4.39 Å². The highest BCUT2D eigenvalue weighted by Crippen LogP contribution is 2.41. The van der Waals surface area contributed by atoms with Crippen LogP contribution < -0.4 is 5.73 Å². The predicted octanol–water partition coefficient (Wildman–Crippen LogP) is 3.60. The molecule has 94 valence electrons. The maximum absolute atomic E-state index is 14.4. The van der Waals surface area contributed by atoms with E-state index in [4.69, 9.17) is 5.73 Å². The highest BCUT2D eigenvalue weighted by Gasteiger charge is 2.36. The quantitative estimate of drug-likeness (QED) is 0.832. The zero-order chi connectivity index (χ0) is 12.5. The van der Waals surface area contributed by atoms with Crippen molar-refractivity contribution in [1.82, 2.24) is 0 Å². The van der Waals surface area contributed by atoms with Gasteiger partial charge in [-0.25, -0.2) is 4.39 Å². The van der Waals surface area contributed by atoms with Crippen molar-refractivity contribution in [3.63, 3.8) is 0 Å². The summed E-state index contributed by atoms with van der Waals surface area (Å²) in [6.07, 6.45) is 5.66. The SMILES string of the molecule is Cc1ccc(C)c(C2(CN)CCCCC2)c1F. The van der Waals surface area contributed by atoms with Crippen molar-refractivity contribution in [2.75, 3.05) is 6.54 Å². The normalized spacial score (nSPS) is 19.3. The molecule has 1 saturated carbocycles. The van der Waals surface area contributed by atoms with E-state index in [0.717, 1.165) is 29.5 Å². The van der Waals surface area contributed by atoms with Gasteiger partial charge in [-0.3, -0.25) is 0 Å². The molecule has 0 unspecified atom stereocenters. The molecule has 2 rings (SSSR count). The summed E-state index contributed by atoms with van der Waals surface area (Å²) < 4.78 is 14.4. The monoisotopic (exact) mass is 235 g/mol. The predicted molar refractivity (Wildman–Crippen MR) is 69.7 cm³/mol. The first-order chi connectivity index (χ1) is 8.10. The molecule has 17 heavy (non-hydrogen) atoms. The van der Waals surface area contributed by atoms with Crippen LogP contribution in [-0.2, 0) is 5.41 Å². The van der Waals surface area contributed by atoms with Crippen LogP contribution >= 0.6 is 0 Å². The van der Waals surface area contributed by atoms with Gasteiger partial charge in [0.15, 0.2) is 0 Å². The van der Waals surface area contributed by atoms with Crippen LogP contribution in [0.15, 0.2) is 12.1 Å². The van der Waals surface area contributed by atoms with Crippen molar-refractivity contribution in [3.05, 3.63) is 34.6 Å². The van der Waals surface area contributed by atoms with Gasteiger partial charge in [-0.2, -0.15) is 0 Å². The fourth-order valence-electron chi connectivity index (χ4n) is 3.21. The minimum absolute atomic E-state index is 0.0302. The lowest BCUT2D eigenvalue weighted by Gasteiger charge is -2.38. The molecule has 0 radical (unpaired) electrons. The summed E-state index contributed by atoms with van der Waals surface area (Å²) in [6, 6.07) is 3.89. The summed E-state index contributed by atoms with van der Waals surface area (Å²) in [7, 11) is 0. The first-order valence-corrected chi connectivity index (χ1v) is 6.57. The smallest absolute Gasteiger partial charge is 0.130 e. The van der Waals surface area contributed by atoms with E-state index in [1.165, 1.54) is 19.3 Å². The van der Waals surface area contributed by atoms with E-state index >= 15 is 0 Å². The Hall–Kier alpha value is -0.890. The molecule has 0 amide bonds. The minimum Gasteiger partial charge on any atom is -0.330 e. The molecule has 1 aromatic carbocycles. The second-order valence-electron chi connectivity index (χ2n) is 5.43. The number of halogens is 1. The van der Waals surface area contributed by atoms with Gasteiger partial charge in [0.05, 0.1) is 0 Å². The van der Waals surface area contributed by atoms with Crippen LogP contribution in [0.25, 0.3) is 0 Å². The number of hydrogen-bond acceptors (Lipinski definition) is 1. The Labute approximate surface area is 103 Å². The Morgan fingerprint density at radius 1 is 1.12 bits per heavy atom. The van der Waals surface area contributed by atoms with Gasteiger partial charge in [-0.05, 0) is 43.4 Å². The zero-order valence-corrected chi connectivity index (χ0v) is 10.9. The standard InChI is InChI=1S/C15H22FN/c1-11-6-7-12(2)14(16)13(11)15(10-17)8-4-3-5-9-15/h6-7H,3-5,8-10,17H2,1-2H3. The van der Waals surface area contributed by atoms with Crippen LogP contribution in [0.5, 0.6) is 0 Å².